The fourth-order valence-corrected chi connectivity index (χ4v) is 1.71. The first kappa shape index (κ1) is 13.6. The molecule has 1 aromatic carbocycles. The molecule has 2 amide bonds. The van der Waals surface area contributed by atoms with Crippen molar-refractivity contribution >= 4 is 24.4 Å². The van der Waals surface area contributed by atoms with E-state index in [9.17, 15) is 9.59 Å². The van der Waals surface area contributed by atoms with Crippen molar-refractivity contribution in [3.05, 3.63) is 29.3 Å². The summed E-state index contributed by atoms with van der Waals surface area (Å²) < 4.78 is 0. The molecular formula is C12H16N2O2S. The van der Waals surface area contributed by atoms with Crippen LogP contribution in [0.5, 0.6) is 0 Å². The number of primary amides is 1. The molecule has 1 unspecified atom stereocenters. The van der Waals surface area contributed by atoms with Gasteiger partial charge in [-0.3, -0.25) is 9.59 Å². The van der Waals surface area contributed by atoms with E-state index in [1.54, 1.807) is 13.0 Å². The molecule has 1 rings (SSSR count). The van der Waals surface area contributed by atoms with Gasteiger partial charge in [0, 0.05) is 22.9 Å². The summed E-state index contributed by atoms with van der Waals surface area (Å²) >= 11 is 4.19. The third-order valence-corrected chi connectivity index (χ3v) is 2.63. The van der Waals surface area contributed by atoms with E-state index in [4.69, 9.17) is 5.73 Å². The standard InChI is InChI=1S/C12H16N2O2S/c1-7-3-4-9(17)6-10(7)12(16)14-8(2)5-11(13)15/h3-4,6,8,17H,5H2,1-2H3,(H2,13,15)(H,14,16). The Balaban J connectivity index is 2.76. The summed E-state index contributed by atoms with van der Waals surface area (Å²) in [6.07, 6.45) is 0.130. The number of rotatable bonds is 4. The van der Waals surface area contributed by atoms with Crippen LogP contribution >= 0.6 is 12.6 Å². The van der Waals surface area contributed by atoms with Gasteiger partial charge in [0.15, 0.2) is 0 Å². The first-order valence-electron chi connectivity index (χ1n) is 5.29. The highest BCUT2D eigenvalue weighted by Gasteiger charge is 2.13. The van der Waals surface area contributed by atoms with Crippen LogP contribution in [0.25, 0.3) is 0 Å². The van der Waals surface area contributed by atoms with Crippen LogP contribution in [0.4, 0.5) is 0 Å². The largest absolute Gasteiger partial charge is 0.370 e. The molecule has 3 N–H and O–H groups in total. The normalized spacial score (nSPS) is 11.9. The van der Waals surface area contributed by atoms with Crippen molar-refractivity contribution < 1.29 is 9.59 Å². The predicted molar refractivity (Wildman–Crippen MR) is 69.2 cm³/mol. The van der Waals surface area contributed by atoms with Crippen molar-refractivity contribution in [1.82, 2.24) is 5.32 Å². The van der Waals surface area contributed by atoms with E-state index in [0.29, 0.717) is 5.56 Å². The van der Waals surface area contributed by atoms with Gasteiger partial charge in [-0.05, 0) is 31.5 Å². The van der Waals surface area contributed by atoms with E-state index in [1.165, 1.54) is 0 Å². The molecule has 0 aliphatic heterocycles. The number of aryl methyl sites for hydroxylation is 1. The van der Waals surface area contributed by atoms with Crippen molar-refractivity contribution in [2.75, 3.05) is 0 Å². The van der Waals surface area contributed by atoms with Crippen LogP contribution in [0.2, 0.25) is 0 Å². The van der Waals surface area contributed by atoms with Crippen molar-refractivity contribution in [3.63, 3.8) is 0 Å². The van der Waals surface area contributed by atoms with Gasteiger partial charge in [0.05, 0.1) is 0 Å². The smallest absolute Gasteiger partial charge is 0.251 e. The van der Waals surface area contributed by atoms with E-state index in [1.807, 2.05) is 19.1 Å². The van der Waals surface area contributed by atoms with E-state index in [0.717, 1.165) is 10.5 Å². The number of thiol groups is 1. The molecule has 92 valence electrons. The number of benzene rings is 1. The van der Waals surface area contributed by atoms with Crippen LogP contribution in [-0.4, -0.2) is 17.9 Å². The monoisotopic (exact) mass is 252 g/mol. The Morgan fingerprint density at radius 3 is 2.71 bits per heavy atom. The minimum Gasteiger partial charge on any atom is -0.370 e. The van der Waals surface area contributed by atoms with Gasteiger partial charge in [0.2, 0.25) is 5.91 Å². The summed E-state index contributed by atoms with van der Waals surface area (Å²) in [5.41, 5.74) is 6.49. The lowest BCUT2D eigenvalue weighted by Gasteiger charge is -2.13. The zero-order valence-electron chi connectivity index (χ0n) is 9.86. The summed E-state index contributed by atoms with van der Waals surface area (Å²) in [6.45, 7) is 3.59. The maximum absolute atomic E-state index is 11.9. The number of amides is 2. The lowest BCUT2D eigenvalue weighted by Crippen LogP contribution is -2.36. The molecule has 1 atom stereocenters. The first-order valence-corrected chi connectivity index (χ1v) is 5.73. The highest BCUT2D eigenvalue weighted by atomic mass is 32.1. The van der Waals surface area contributed by atoms with Crippen molar-refractivity contribution in [1.29, 1.82) is 0 Å². The molecule has 0 saturated heterocycles. The fraction of sp³-hybridized carbons (Fsp3) is 0.333. The molecule has 0 aliphatic rings. The van der Waals surface area contributed by atoms with E-state index >= 15 is 0 Å². The lowest BCUT2D eigenvalue weighted by molar-refractivity contribution is -0.118. The molecule has 17 heavy (non-hydrogen) atoms. The molecule has 0 aromatic heterocycles. The first-order chi connectivity index (χ1) is 7.90. The van der Waals surface area contributed by atoms with Gasteiger partial charge in [-0.15, -0.1) is 12.6 Å². The molecule has 1 aromatic rings. The average Bonchev–Trinajstić information content (AvgIpc) is 2.20. The quantitative estimate of drug-likeness (QED) is 0.706. The fourth-order valence-electron chi connectivity index (χ4n) is 1.51. The topological polar surface area (TPSA) is 72.2 Å². The Kier molecular flexibility index (Phi) is 4.57. The van der Waals surface area contributed by atoms with Gasteiger partial charge in [0.25, 0.3) is 5.91 Å². The van der Waals surface area contributed by atoms with Crippen LogP contribution in [0.3, 0.4) is 0 Å². The highest BCUT2D eigenvalue weighted by molar-refractivity contribution is 7.80. The predicted octanol–water partition coefficient (Wildman–Crippen LogP) is 1.28. The molecule has 0 aliphatic carbocycles. The molecule has 0 radical (unpaired) electrons. The zero-order chi connectivity index (χ0) is 13.0. The number of hydrogen-bond acceptors (Lipinski definition) is 3. The van der Waals surface area contributed by atoms with Gasteiger partial charge >= 0.3 is 0 Å². The number of nitrogens with two attached hydrogens (primary N) is 1. The van der Waals surface area contributed by atoms with Crippen LogP contribution < -0.4 is 11.1 Å². The third-order valence-electron chi connectivity index (χ3n) is 2.35. The Hall–Kier alpha value is -1.49. The van der Waals surface area contributed by atoms with Crippen LogP contribution in [-0.2, 0) is 4.79 Å². The minimum atomic E-state index is -0.433. The van der Waals surface area contributed by atoms with E-state index < -0.39 is 5.91 Å². The summed E-state index contributed by atoms with van der Waals surface area (Å²) in [4.78, 5) is 23.3. The Labute approximate surface area is 106 Å². The average molecular weight is 252 g/mol. The second-order valence-corrected chi connectivity index (χ2v) is 4.56. The number of nitrogens with one attached hydrogen (secondary N) is 1. The van der Waals surface area contributed by atoms with Gasteiger partial charge in [-0.25, -0.2) is 0 Å². The summed E-state index contributed by atoms with van der Waals surface area (Å²) in [6, 6.07) is 5.07. The summed E-state index contributed by atoms with van der Waals surface area (Å²) in [5, 5.41) is 2.72. The van der Waals surface area contributed by atoms with Crippen molar-refractivity contribution in [2.24, 2.45) is 5.73 Å². The number of carbonyl (C=O) groups is 2. The Bertz CT molecular complexity index is 446. The van der Waals surface area contributed by atoms with E-state index in [2.05, 4.69) is 17.9 Å². The second-order valence-electron chi connectivity index (χ2n) is 4.04. The van der Waals surface area contributed by atoms with Crippen molar-refractivity contribution in [3.8, 4) is 0 Å². The van der Waals surface area contributed by atoms with Crippen molar-refractivity contribution in [2.45, 2.75) is 31.2 Å². The SMILES string of the molecule is Cc1ccc(S)cc1C(=O)NC(C)CC(N)=O. The van der Waals surface area contributed by atoms with Gasteiger partial charge in [-0.2, -0.15) is 0 Å². The molecule has 5 heteroatoms. The third kappa shape index (κ3) is 4.11. The maximum Gasteiger partial charge on any atom is 0.251 e. The molecule has 0 bridgehead atoms. The molecule has 0 fully saturated rings. The summed E-state index contributed by atoms with van der Waals surface area (Å²) in [7, 11) is 0. The Morgan fingerprint density at radius 1 is 1.47 bits per heavy atom. The maximum atomic E-state index is 11.9. The summed E-state index contributed by atoms with van der Waals surface area (Å²) in [5.74, 6) is -0.649. The Morgan fingerprint density at radius 2 is 2.12 bits per heavy atom. The molecule has 0 spiro atoms. The number of hydrogen-bond donors (Lipinski definition) is 3. The highest BCUT2D eigenvalue weighted by Crippen LogP contribution is 2.14. The number of carbonyl (C=O) groups excluding carboxylic acids is 2. The van der Waals surface area contributed by atoms with Crippen LogP contribution in [0.15, 0.2) is 23.1 Å². The van der Waals surface area contributed by atoms with Gasteiger partial charge < -0.3 is 11.1 Å². The molecule has 4 nitrogen and oxygen atoms in total. The molecule has 0 heterocycles. The van der Waals surface area contributed by atoms with Gasteiger partial charge in [0.1, 0.15) is 0 Å². The minimum absolute atomic E-state index is 0.130. The van der Waals surface area contributed by atoms with Gasteiger partial charge in [-0.1, -0.05) is 6.07 Å². The second kappa shape index (κ2) is 5.72. The molecule has 0 saturated carbocycles. The molecular weight excluding hydrogens is 236 g/mol. The van der Waals surface area contributed by atoms with Crippen LogP contribution in [0, 0.1) is 6.92 Å². The van der Waals surface area contributed by atoms with E-state index in [-0.39, 0.29) is 18.4 Å². The lowest BCUT2D eigenvalue weighted by atomic mass is 10.1. The zero-order valence-corrected chi connectivity index (χ0v) is 10.8. The van der Waals surface area contributed by atoms with Crippen LogP contribution in [0.1, 0.15) is 29.3 Å².